The summed E-state index contributed by atoms with van der Waals surface area (Å²) in [6, 6.07) is 18.9. The number of ether oxygens (including phenoxy) is 1. The maximum Gasteiger partial charge on any atom is 0.255 e. The summed E-state index contributed by atoms with van der Waals surface area (Å²) in [6.07, 6.45) is 0.892. The van der Waals surface area contributed by atoms with Gasteiger partial charge in [0.15, 0.2) is 5.13 Å². The van der Waals surface area contributed by atoms with Crippen molar-refractivity contribution in [3.05, 3.63) is 82.9 Å². The van der Waals surface area contributed by atoms with Gasteiger partial charge in [0, 0.05) is 17.7 Å². The minimum atomic E-state index is -0.176. The molecule has 0 aliphatic rings. The maximum absolute atomic E-state index is 12.8. The molecule has 1 aromatic heterocycles. The van der Waals surface area contributed by atoms with E-state index in [-0.39, 0.29) is 11.8 Å². The molecule has 0 saturated heterocycles. The zero-order valence-corrected chi connectivity index (χ0v) is 19.6. The summed E-state index contributed by atoms with van der Waals surface area (Å²) in [5.74, 6) is 0.482. The first-order chi connectivity index (χ1) is 15.9. The van der Waals surface area contributed by atoms with Gasteiger partial charge in [-0.15, -0.1) is 0 Å². The number of aryl methyl sites for hydroxylation is 3. The summed E-state index contributed by atoms with van der Waals surface area (Å²) >= 11 is 1.35. The molecule has 0 aliphatic carbocycles. The molecule has 1 heterocycles. The van der Waals surface area contributed by atoms with Crippen molar-refractivity contribution in [3.63, 3.8) is 0 Å². The predicted molar refractivity (Wildman–Crippen MR) is 133 cm³/mol. The van der Waals surface area contributed by atoms with Crippen molar-refractivity contribution < 1.29 is 14.3 Å². The van der Waals surface area contributed by atoms with Gasteiger partial charge in [-0.3, -0.25) is 9.59 Å². The highest BCUT2D eigenvalue weighted by molar-refractivity contribution is 7.22. The third kappa shape index (κ3) is 5.21. The van der Waals surface area contributed by atoms with Crippen molar-refractivity contribution in [2.75, 3.05) is 17.7 Å². The molecule has 168 valence electrons. The average molecular weight is 460 g/mol. The number of thiazole rings is 1. The summed E-state index contributed by atoms with van der Waals surface area (Å²) in [5, 5.41) is 6.39. The molecule has 0 unspecified atom stereocenters. The Kier molecular flexibility index (Phi) is 6.70. The SMILES string of the molecule is COc1ccccc1CCC(=O)Nc1nc2ccc(C(=O)Nc3c(C)cccc3C)cc2s1. The van der Waals surface area contributed by atoms with E-state index in [0.29, 0.717) is 23.5 Å². The highest BCUT2D eigenvalue weighted by Crippen LogP contribution is 2.28. The topological polar surface area (TPSA) is 80.3 Å². The fraction of sp³-hybridized carbons (Fsp3) is 0.192. The number of hydrogen-bond acceptors (Lipinski definition) is 5. The number of carbonyl (C=O) groups excluding carboxylic acids is 2. The van der Waals surface area contributed by atoms with Crippen molar-refractivity contribution in [1.29, 1.82) is 0 Å². The van der Waals surface area contributed by atoms with Gasteiger partial charge in [-0.05, 0) is 61.2 Å². The molecule has 3 aromatic carbocycles. The number of aromatic nitrogens is 1. The number of amides is 2. The minimum Gasteiger partial charge on any atom is -0.496 e. The smallest absolute Gasteiger partial charge is 0.255 e. The van der Waals surface area contributed by atoms with E-state index in [1.54, 1.807) is 25.3 Å². The molecular formula is C26H25N3O3S. The standard InChI is InChI=1S/C26H25N3O3S/c1-16-7-6-8-17(2)24(16)29-25(31)19-11-13-20-22(15-19)33-26(27-20)28-23(30)14-12-18-9-4-5-10-21(18)32-3/h4-11,13,15H,12,14H2,1-3H3,(H,29,31)(H,27,28,30). The number of fused-ring (bicyclic) bond motifs is 1. The van der Waals surface area contributed by atoms with E-state index < -0.39 is 0 Å². The highest BCUT2D eigenvalue weighted by atomic mass is 32.1. The number of rotatable bonds is 7. The average Bonchev–Trinajstić information content (AvgIpc) is 3.21. The second-order valence-corrected chi connectivity index (χ2v) is 8.81. The third-order valence-corrected chi connectivity index (χ3v) is 6.36. The zero-order valence-electron chi connectivity index (χ0n) is 18.8. The Morgan fingerprint density at radius 2 is 1.73 bits per heavy atom. The lowest BCUT2D eigenvalue weighted by Crippen LogP contribution is -2.13. The first-order valence-corrected chi connectivity index (χ1v) is 11.5. The number of anilines is 2. The lowest BCUT2D eigenvalue weighted by Gasteiger charge is -2.11. The van der Waals surface area contributed by atoms with Crippen LogP contribution in [0.4, 0.5) is 10.8 Å². The molecule has 2 N–H and O–H groups in total. The number of benzene rings is 3. The van der Waals surface area contributed by atoms with E-state index in [9.17, 15) is 9.59 Å². The van der Waals surface area contributed by atoms with E-state index in [1.807, 2.05) is 56.3 Å². The van der Waals surface area contributed by atoms with Crippen LogP contribution in [0.5, 0.6) is 5.75 Å². The summed E-state index contributed by atoms with van der Waals surface area (Å²) in [5.41, 5.74) is 5.13. The third-order valence-electron chi connectivity index (χ3n) is 5.43. The molecule has 6 nitrogen and oxygen atoms in total. The first kappa shape index (κ1) is 22.5. The van der Waals surface area contributed by atoms with Crippen molar-refractivity contribution in [2.45, 2.75) is 26.7 Å². The van der Waals surface area contributed by atoms with Crippen LogP contribution in [0.3, 0.4) is 0 Å². The van der Waals surface area contributed by atoms with Gasteiger partial charge in [-0.25, -0.2) is 4.98 Å². The van der Waals surface area contributed by atoms with Crippen LogP contribution in [0.2, 0.25) is 0 Å². The minimum absolute atomic E-state index is 0.118. The molecule has 2 amide bonds. The van der Waals surface area contributed by atoms with Gasteiger partial charge in [0.05, 0.1) is 17.3 Å². The van der Waals surface area contributed by atoms with Gasteiger partial charge in [-0.1, -0.05) is 47.7 Å². The van der Waals surface area contributed by atoms with Gasteiger partial charge >= 0.3 is 0 Å². The second kappa shape index (κ2) is 9.83. The molecule has 0 spiro atoms. The summed E-state index contributed by atoms with van der Waals surface area (Å²) in [7, 11) is 1.62. The maximum atomic E-state index is 12.8. The Hall–Kier alpha value is -3.71. The molecule has 4 aromatic rings. The number of para-hydroxylation sites is 2. The number of nitrogens with zero attached hydrogens (tertiary/aromatic N) is 1. The van der Waals surface area contributed by atoms with Crippen molar-refractivity contribution in [2.24, 2.45) is 0 Å². The normalized spacial score (nSPS) is 10.8. The number of nitrogens with one attached hydrogen (secondary N) is 2. The fourth-order valence-electron chi connectivity index (χ4n) is 3.66. The quantitative estimate of drug-likeness (QED) is 0.369. The molecule has 0 fully saturated rings. The Morgan fingerprint density at radius 1 is 0.970 bits per heavy atom. The van der Waals surface area contributed by atoms with Gasteiger partial charge in [0.1, 0.15) is 5.75 Å². The number of hydrogen-bond donors (Lipinski definition) is 2. The highest BCUT2D eigenvalue weighted by Gasteiger charge is 2.14. The van der Waals surface area contributed by atoms with Crippen LogP contribution < -0.4 is 15.4 Å². The predicted octanol–water partition coefficient (Wildman–Crippen LogP) is 5.75. The largest absolute Gasteiger partial charge is 0.496 e. The van der Waals surface area contributed by atoms with E-state index in [2.05, 4.69) is 15.6 Å². The molecule has 0 atom stereocenters. The fourth-order valence-corrected chi connectivity index (χ4v) is 4.58. The zero-order chi connectivity index (χ0) is 23.4. The van der Waals surface area contributed by atoms with Crippen LogP contribution in [0.15, 0.2) is 60.7 Å². The molecular weight excluding hydrogens is 434 g/mol. The van der Waals surface area contributed by atoms with Crippen LogP contribution in [0.25, 0.3) is 10.2 Å². The molecule has 0 aliphatic heterocycles. The van der Waals surface area contributed by atoms with Crippen LogP contribution >= 0.6 is 11.3 Å². The lowest BCUT2D eigenvalue weighted by molar-refractivity contribution is -0.116. The van der Waals surface area contributed by atoms with E-state index in [1.165, 1.54) is 11.3 Å². The van der Waals surface area contributed by atoms with E-state index >= 15 is 0 Å². The summed E-state index contributed by atoms with van der Waals surface area (Å²) in [4.78, 5) is 29.8. The summed E-state index contributed by atoms with van der Waals surface area (Å²) in [6.45, 7) is 3.94. The second-order valence-electron chi connectivity index (χ2n) is 7.78. The number of methoxy groups -OCH3 is 1. The molecule has 0 saturated carbocycles. The van der Waals surface area contributed by atoms with Gasteiger partial charge in [0.2, 0.25) is 5.91 Å². The van der Waals surface area contributed by atoms with Crippen LogP contribution in [-0.4, -0.2) is 23.9 Å². The first-order valence-electron chi connectivity index (χ1n) is 10.6. The Labute approximate surface area is 196 Å². The Morgan fingerprint density at radius 3 is 2.48 bits per heavy atom. The van der Waals surface area contributed by atoms with Crippen molar-refractivity contribution >= 4 is 44.2 Å². The van der Waals surface area contributed by atoms with E-state index in [4.69, 9.17) is 4.74 Å². The van der Waals surface area contributed by atoms with Gasteiger partial charge < -0.3 is 15.4 Å². The van der Waals surface area contributed by atoms with Crippen LogP contribution in [0.1, 0.15) is 33.5 Å². The van der Waals surface area contributed by atoms with Crippen LogP contribution in [-0.2, 0) is 11.2 Å². The molecule has 4 rings (SSSR count). The summed E-state index contributed by atoms with van der Waals surface area (Å²) < 4.78 is 6.18. The van der Waals surface area contributed by atoms with Crippen LogP contribution in [0, 0.1) is 13.8 Å². The number of carbonyl (C=O) groups is 2. The Balaban J connectivity index is 1.43. The molecule has 7 heteroatoms. The monoisotopic (exact) mass is 459 g/mol. The van der Waals surface area contributed by atoms with Gasteiger partial charge in [-0.2, -0.15) is 0 Å². The van der Waals surface area contributed by atoms with Crippen molar-refractivity contribution in [3.8, 4) is 5.75 Å². The van der Waals surface area contributed by atoms with Gasteiger partial charge in [0.25, 0.3) is 5.91 Å². The molecule has 0 radical (unpaired) electrons. The van der Waals surface area contributed by atoms with E-state index in [0.717, 1.165) is 38.3 Å². The molecule has 33 heavy (non-hydrogen) atoms. The lowest BCUT2D eigenvalue weighted by atomic mass is 10.1. The molecule has 0 bridgehead atoms. The van der Waals surface area contributed by atoms with Crippen molar-refractivity contribution in [1.82, 2.24) is 4.98 Å². The Bertz CT molecular complexity index is 1310.